The molecule has 168 valence electrons. The fraction of sp³-hybridized carbons (Fsp3) is 0.667. The number of methoxy groups -OCH3 is 1. The summed E-state index contributed by atoms with van der Waals surface area (Å²) in [6.45, 7) is 7.74. The highest BCUT2D eigenvalue weighted by molar-refractivity contribution is 5.67. The Morgan fingerprint density at radius 1 is 1.28 bits per heavy atom. The van der Waals surface area contributed by atoms with Gasteiger partial charge in [0, 0.05) is 32.7 Å². The van der Waals surface area contributed by atoms with E-state index < -0.39 is 37.5 Å². The van der Waals surface area contributed by atoms with Crippen LogP contribution in [0.3, 0.4) is 0 Å². The summed E-state index contributed by atoms with van der Waals surface area (Å²) >= 11 is 0. The van der Waals surface area contributed by atoms with Crippen LogP contribution in [0.4, 0.5) is 0 Å². The van der Waals surface area contributed by atoms with Crippen molar-refractivity contribution in [3.8, 4) is 0 Å². The van der Waals surface area contributed by atoms with Gasteiger partial charge in [-0.3, -0.25) is 4.79 Å². The first-order chi connectivity index (χ1) is 13.8. The van der Waals surface area contributed by atoms with E-state index in [9.17, 15) is 9.90 Å². The van der Waals surface area contributed by atoms with Crippen LogP contribution >= 0.6 is 0 Å². The molecule has 0 amide bonds. The van der Waals surface area contributed by atoms with Crippen LogP contribution in [0.25, 0.3) is 0 Å². The maximum Gasteiger partial charge on any atom is 0.306 e. The SMILES string of the molecule is C=C(C/C(=C\C=C(/CCC)COC)O[C@@H](CC)O[C@H](CC(=O)O)[C@@H](O)CO)NC. The molecule has 3 atom stereocenters. The molecular formula is C21H37NO7. The highest BCUT2D eigenvalue weighted by Gasteiger charge is 2.26. The van der Waals surface area contributed by atoms with Gasteiger partial charge in [0.25, 0.3) is 0 Å². The highest BCUT2D eigenvalue weighted by atomic mass is 16.7. The molecule has 0 aliphatic carbocycles. The molecule has 0 rings (SSSR count). The zero-order valence-corrected chi connectivity index (χ0v) is 18.0. The van der Waals surface area contributed by atoms with Crippen molar-refractivity contribution in [2.24, 2.45) is 0 Å². The third-order valence-electron chi connectivity index (χ3n) is 4.08. The van der Waals surface area contributed by atoms with E-state index in [4.69, 9.17) is 24.4 Å². The molecule has 0 saturated carbocycles. The molecule has 0 spiro atoms. The van der Waals surface area contributed by atoms with Crippen LogP contribution in [0, 0.1) is 0 Å². The Balaban J connectivity index is 5.47. The molecular weight excluding hydrogens is 378 g/mol. The van der Waals surface area contributed by atoms with E-state index in [-0.39, 0.29) is 0 Å². The van der Waals surface area contributed by atoms with Crippen LogP contribution in [-0.2, 0) is 19.0 Å². The van der Waals surface area contributed by atoms with Crippen LogP contribution in [0.2, 0.25) is 0 Å². The first-order valence-electron chi connectivity index (χ1n) is 9.86. The quantitative estimate of drug-likeness (QED) is 0.162. The first kappa shape index (κ1) is 27.1. The minimum absolute atomic E-state index is 0.408. The van der Waals surface area contributed by atoms with Gasteiger partial charge in [0.15, 0.2) is 6.29 Å². The lowest BCUT2D eigenvalue weighted by molar-refractivity contribution is -0.187. The van der Waals surface area contributed by atoms with Gasteiger partial charge in [-0.2, -0.15) is 0 Å². The summed E-state index contributed by atoms with van der Waals surface area (Å²) in [7, 11) is 3.40. The molecule has 0 unspecified atom stereocenters. The molecule has 0 bridgehead atoms. The predicted molar refractivity (Wildman–Crippen MR) is 111 cm³/mol. The number of carboxylic acid groups (broad SMARTS) is 1. The van der Waals surface area contributed by atoms with Crippen LogP contribution < -0.4 is 5.32 Å². The van der Waals surface area contributed by atoms with Gasteiger partial charge < -0.3 is 34.8 Å². The molecule has 0 saturated heterocycles. The van der Waals surface area contributed by atoms with Crippen LogP contribution in [0.1, 0.15) is 46.0 Å². The number of hydrogen-bond donors (Lipinski definition) is 4. The van der Waals surface area contributed by atoms with Crippen molar-refractivity contribution in [2.45, 2.75) is 64.4 Å². The first-order valence-corrected chi connectivity index (χ1v) is 9.86. The summed E-state index contributed by atoms with van der Waals surface area (Å²) in [6.07, 6.45) is 2.83. The van der Waals surface area contributed by atoms with E-state index in [2.05, 4.69) is 18.8 Å². The lowest BCUT2D eigenvalue weighted by Gasteiger charge is -2.27. The minimum Gasteiger partial charge on any atom is -0.481 e. The normalized spacial score (nSPS) is 15.5. The van der Waals surface area contributed by atoms with Gasteiger partial charge in [-0.25, -0.2) is 0 Å². The minimum atomic E-state index is -1.32. The fourth-order valence-electron chi connectivity index (χ4n) is 2.50. The zero-order chi connectivity index (χ0) is 22.2. The number of rotatable bonds is 17. The second-order valence-electron chi connectivity index (χ2n) is 6.65. The van der Waals surface area contributed by atoms with Gasteiger partial charge in [0.1, 0.15) is 18.0 Å². The van der Waals surface area contributed by atoms with E-state index in [1.807, 2.05) is 19.1 Å². The number of aliphatic hydroxyl groups excluding tert-OH is 2. The van der Waals surface area contributed by atoms with Gasteiger partial charge in [0.05, 0.1) is 19.6 Å². The maximum atomic E-state index is 11.0. The lowest BCUT2D eigenvalue weighted by atomic mass is 10.1. The molecule has 0 aromatic rings. The van der Waals surface area contributed by atoms with Crippen molar-refractivity contribution in [2.75, 3.05) is 27.4 Å². The summed E-state index contributed by atoms with van der Waals surface area (Å²) in [5.41, 5.74) is 1.85. The van der Waals surface area contributed by atoms with Crippen molar-refractivity contribution in [1.82, 2.24) is 5.32 Å². The van der Waals surface area contributed by atoms with Crippen molar-refractivity contribution >= 4 is 5.97 Å². The number of carbonyl (C=O) groups is 1. The monoisotopic (exact) mass is 415 g/mol. The Bertz CT molecular complexity index is 537. The summed E-state index contributed by atoms with van der Waals surface area (Å²) in [5, 5.41) is 31.0. The standard InChI is InChI=1S/C21H37NO7/c1-6-8-16(14-27-5)9-10-17(11-15(3)22-4)28-21(7-2)29-19(12-20(25)26)18(24)13-23/h9-10,18-19,21-24H,3,6-8,11-14H2,1-2,4-5H3,(H,25,26)/b16-9+,17-10+/t18-,19+,21+/m0/s1. The van der Waals surface area contributed by atoms with Crippen molar-refractivity contribution in [3.05, 3.63) is 35.8 Å². The van der Waals surface area contributed by atoms with E-state index in [1.165, 1.54) is 0 Å². The van der Waals surface area contributed by atoms with E-state index >= 15 is 0 Å². The third-order valence-corrected chi connectivity index (χ3v) is 4.08. The Kier molecular flexibility index (Phi) is 15.0. The molecule has 0 radical (unpaired) electrons. The topological polar surface area (TPSA) is 117 Å². The van der Waals surface area contributed by atoms with Gasteiger partial charge >= 0.3 is 5.97 Å². The van der Waals surface area contributed by atoms with Gasteiger partial charge in [-0.15, -0.1) is 0 Å². The molecule has 0 aromatic carbocycles. The number of hydrogen-bond acceptors (Lipinski definition) is 7. The molecule has 29 heavy (non-hydrogen) atoms. The molecule has 4 N–H and O–H groups in total. The largest absolute Gasteiger partial charge is 0.481 e. The molecule has 0 aliphatic heterocycles. The smallest absolute Gasteiger partial charge is 0.306 e. The number of allylic oxidation sites excluding steroid dienone is 2. The Labute approximate surface area is 173 Å². The Morgan fingerprint density at radius 3 is 2.45 bits per heavy atom. The number of aliphatic carboxylic acids is 1. The van der Waals surface area contributed by atoms with Crippen LogP contribution in [0.5, 0.6) is 0 Å². The molecule has 0 fully saturated rings. The summed E-state index contributed by atoms with van der Waals surface area (Å²) < 4.78 is 16.8. The van der Waals surface area contributed by atoms with Crippen LogP contribution in [0.15, 0.2) is 35.8 Å². The van der Waals surface area contributed by atoms with Crippen molar-refractivity contribution < 1.29 is 34.3 Å². The van der Waals surface area contributed by atoms with Crippen LogP contribution in [-0.4, -0.2) is 67.2 Å². The molecule has 8 nitrogen and oxygen atoms in total. The molecule has 8 heteroatoms. The van der Waals surface area contributed by atoms with Crippen molar-refractivity contribution in [3.63, 3.8) is 0 Å². The Hall–Kier alpha value is -1.87. The van der Waals surface area contributed by atoms with Crippen molar-refractivity contribution in [1.29, 1.82) is 0 Å². The number of nitrogens with one attached hydrogen (secondary N) is 1. The summed E-state index contributed by atoms with van der Waals surface area (Å²) in [4.78, 5) is 11.0. The molecule has 0 heterocycles. The second kappa shape index (κ2) is 16.0. The van der Waals surface area contributed by atoms with Gasteiger partial charge in [-0.05, 0) is 18.1 Å². The third kappa shape index (κ3) is 12.3. The highest BCUT2D eigenvalue weighted by Crippen LogP contribution is 2.19. The second-order valence-corrected chi connectivity index (χ2v) is 6.65. The fourth-order valence-corrected chi connectivity index (χ4v) is 2.50. The zero-order valence-electron chi connectivity index (χ0n) is 18.0. The number of aliphatic hydroxyl groups is 2. The average molecular weight is 416 g/mol. The van der Waals surface area contributed by atoms with E-state index in [1.54, 1.807) is 14.2 Å². The Morgan fingerprint density at radius 2 is 1.97 bits per heavy atom. The predicted octanol–water partition coefficient (Wildman–Crippen LogP) is 2.33. The lowest BCUT2D eigenvalue weighted by Crippen LogP contribution is -2.37. The molecule has 0 aromatic heterocycles. The van der Waals surface area contributed by atoms with E-state index in [0.717, 1.165) is 24.1 Å². The van der Waals surface area contributed by atoms with E-state index in [0.29, 0.717) is 25.2 Å². The summed E-state index contributed by atoms with van der Waals surface area (Å²) in [6, 6.07) is 0. The van der Waals surface area contributed by atoms with Gasteiger partial charge in [0.2, 0.25) is 0 Å². The maximum absolute atomic E-state index is 11.0. The summed E-state index contributed by atoms with van der Waals surface area (Å²) in [5.74, 6) is -0.558. The number of ether oxygens (including phenoxy) is 3. The van der Waals surface area contributed by atoms with Gasteiger partial charge in [-0.1, -0.05) is 32.9 Å². The average Bonchev–Trinajstić information content (AvgIpc) is 2.69. The molecule has 0 aliphatic rings. The number of carboxylic acids is 1.